The molecule has 0 saturated carbocycles. The van der Waals surface area contributed by atoms with Crippen LogP contribution in [0.1, 0.15) is 0 Å². The minimum Gasteiger partial charge on any atom is -0.423 e. The van der Waals surface area contributed by atoms with Crippen molar-refractivity contribution in [2.45, 2.75) is 0 Å². The molecule has 0 aliphatic heterocycles. The summed E-state index contributed by atoms with van der Waals surface area (Å²) in [5.41, 5.74) is 4.72. The zero-order chi connectivity index (χ0) is 14.7. The molecule has 0 bridgehead atoms. The maximum absolute atomic E-state index is 9.41. The van der Waals surface area contributed by atoms with Crippen LogP contribution in [-0.4, -0.2) is 17.2 Å². The lowest BCUT2D eigenvalue weighted by molar-refractivity contribution is 0.426. The zero-order valence-corrected chi connectivity index (χ0v) is 11.5. The molecule has 0 aliphatic rings. The van der Waals surface area contributed by atoms with E-state index in [1.807, 2.05) is 60.7 Å². The van der Waals surface area contributed by atoms with Crippen LogP contribution in [0.15, 0.2) is 78.9 Å². The highest BCUT2D eigenvalue weighted by molar-refractivity contribution is 6.58. The van der Waals surface area contributed by atoms with Crippen LogP contribution in [0, 0.1) is 0 Å². The van der Waals surface area contributed by atoms with Gasteiger partial charge in [-0.2, -0.15) is 0 Å². The smallest absolute Gasteiger partial charge is 0.423 e. The van der Waals surface area contributed by atoms with Crippen molar-refractivity contribution in [2.75, 3.05) is 0 Å². The summed E-state index contributed by atoms with van der Waals surface area (Å²) in [7, 11) is -1.46. The van der Waals surface area contributed by atoms with Gasteiger partial charge < -0.3 is 10.0 Å². The predicted octanol–water partition coefficient (Wildman–Crippen LogP) is 2.70. The van der Waals surface area contributed by atoms with Crippen molar-refractivity contribution in [3.8, 4) is 22.3 Å². The summed E-state index contributed by atoms with van der Waals surface area (Å²) >= 11 is 0. The average Bonchev–Trinajstić information content (AvgIpc) is 2.56. The van der Waals surface area contributed by atoms with Crippen molar-refractivity contribution in [3.63, 3.8) is 0 Å². The Bertz CT molecular complexity index is 725. The van der Waals surface area contributed by atoms with E-state index in [2.05, 4.69) is 12.1 Å². The Balaban J connectivity index is 2.21. The van der Waals surface area contributed by atoms with Crippen LogP contribution < -0.4 is 5.46 Å². The van der Waals surface area contributed by atoms with Crippen LogP contribution >= 0.6 is 0 Å². The van der Waals surface area contributed by atoms with Gasteiger partial charge in [0.05, 0.1) is 0 Å². The van der Waals surface area contributed by atoms with E-state index in [9.17, 15) is 10.0 Å². The number of hydrogen-bond acceptors (Lipinski definition) is 2. The fraction of sp³-hybridized carbons (Fsp3) is 0. The van der Waals surface area contributed by atoms with Crippen molar-refractivity contribution in [2.24, 2.45) is 0 Å². The highest BCUT2D eigenvalue weighted by atomic mass is 16.4. The quantitative estimate of drug-likeness (QED) is 0.721. The summed E-state index contributed by atoms with van der Waals surface area (Å²) in [6.07, 6.45) is 0. The first-order chi connectivity index (χ1) is 10.3. The molecule has 3 heteroatoms. The van der Waals surface area contributed by atoms with E-state index in [1.165, 1.54) is 0 Å². The summed E-state index contributed by atoms with van der Waals surface area (Å²) in [6.45, 7) is 0. The standard InChI is InChI=1S/C18H15BO2/c20-19(21)16-11-12-17(14-7-3-1-4-8-14)18(13-16)15-9-5-2-6-10-15/h1-13,20-21H. The van der Waals surface area contributed by atoms with Crippen molar-refractivity contribution >= 4 is 12.6 Å². The molecule has 0 saturated heterocycles. The molecule has 0 fully saturated rings. The number of rotatable bonds is 3. The second kappa shape index (κ2) is 5.96. The maximum Gasteiger partial charge on any atom is 0.488 e. The lowest BCUT2D eigenvalue weighted by Crippen LogP contribution is -2.29. The van der Waals surface area contributed by atoms with Gasteiger partial charge in [-0.1, -0.05) is 78.9 Å². The topological polar surface area (TPSA) is 40.5 Å². The van der Waals surface area contributed by atoms with Gasteiger partial charge in [-0.15, -0.1) is 0 Å². The Labute approximate surface area is 124 Å². The summed E-state index contributed by atoms with van der Waals surface area (Å²) in [4.78, 5) is 0. The van der Waals surface area contributed by atoms with Gasteiger partial charge in [-0.25, -0.2) is 0 Å². The molecule has 0 spiro atoms. The first-order valence-corrected chi connectivity index (χ1v) is 6.86. The van der Waals surface area contributed by atoms with Gasteiger partial charge in [0.25, 0.3) is 0 Å². The van der Waals surface area contributed by atoms with Gasteiger partial charge in [0.2, 0.25) is 0 Å². The first-order valence-electron chi connectivity index (χ1n) is 6.86. The Morgan fingerprint density at radius 1 is 0.571 bits per heavy atom. The Morgan fingerprint density at radius 3 is 1.62 bits per heavy atom. The Morgan fingerprint density at radius 2 is 1.10 bits per heavy atom. The monoisotopic (exact) mass is 274 g/mol. The van der Waals surface area contributed by atoms with Crippen molar-refractivity contribution in [1.29, 1.82) is 0 Å². The van der Waals surface area contributed by atoms with Crippen LogP contribution in [0.2, 0.25) is 0 Å². The molecule has 0 radical (unpaired) electrons. The normalized spacial score (nSPS) is 10.4. The van der Waals surface area contributed by atoms with Crippen LogP contribution in [0.4, 0.5) is 0 Å². The SMILES string of the molecule is OB(O)c1ccc(-c2ccccc2)c(-c2ccccc2)c1. The van der Waals surface area contributed by atoms with Gasteiger partial charge in [0, 0.05) is 0 Å². The second-order valence-corrected chi connectivity index (χ2v) is 4.91. The molecule has 0 unspecified atom stereocenters. The van der Waals surface area contributed by atoms with E-state index in [0.717, 1.165) is 22.3 Å². The molecule has 0 amide bonds. The molecular formula is C18H15BO2. The van der Waals surface area contributed by atoms with E-state index < -0.39 is 7.12 Å². The third-order valence-electron chi connectivity index (χ3n) is 3.51. The third kappa shape index (κ3) is 2.89. The fourth-order valence-corrected chi connectivity index (χ4v) is 2.45. The molecule has 0 atom stereocenters. The average molecular weight is 274 g/mol. The van der Waals surface area contributed by atoms with Crippen molar-refractivity contribution < 1.29 is 10.0 Å². The van der Waals surface area contributed by atoms with Crippen LogP contribution in [-0.2, 0) is 0 Å². The number of benzene rings is 3. The summed E-state index contributed by atoms with van der Waals surface area (Å²) in [5.74, 6) is 0. The van der Waals surface area contributed by atoms with Gasteiger partial charge in [-0.3, -0.25) is 0 Å². The van der Waals surface area contributed by atoms with E-state index in [-0.39, 0.29) is 0 Å². The molecule has 2 nitrogen and oxygen atoms in total. The molecule has 0 aliphatic carbocycles. The van der Waals surface area contributed by atoms with Crippen molar-refractivity contribution in [1.82, 2.24) is 0 Å². The van der Waals surface area contributed by atoms with Gasteiger partial charge in [-0.05, 0) is 27.7 Å². The molecule has 102 valence electrons. The Hall–Kier alpha value is -2.36. The molecular weight excluding hydrogens is 259 g/mol. The Kier molecular flexibility index (Phi) is 3.86. The summed E-state index contributed by atoms with van der Waals surface area (Å²) < 4.78 is 0. The van der Waals surface area contributed by atoms with E-state index >= 15 is 0 Å². The molecule has 3 aromatic rings. The third-order valence-corrected chi connectivity index (χ3v) is 3.51. The van der Waals surface area contributed by atoms with Gasteiger partial charge >= 0.3 is 7.12 Å². The van der Waals surface area contributed by atoms with Crippen LogP contribution in [0.5, 0.6) is 0 Å². The number of hydrogen-bond donors (Lipinski definition) is 2. The molecule has 3 rings (SSSR count). The lowest BCUT2D eigenvalue weighted by atomic mass is 9.77. The summed E-state index contributed by atoms with van der Waals surface area (Å²) in [6, 6.07) is 25.6. The van der Waals surface area contributed by atoms with Gasteiger partial charge in [0.15, 0.2) is 0 Å². The second-order valence-electron chi connectivity index (χ2n) is 4.91. The molecule has 0 heterocycles. The summed E-state index contributed by atoms with van der Waals surface area (Å²) in [5, 5.41) is 18.8. The van der Waals surface area contributed by atoms with Crippen molar-refractivity contribution in [3.05, 3.63) is 78.9 Å². The molecule has 21 heavy (non-hydrogen) atoms. The van der Waals surface area contributed by atoms with E-state index in [4.69, 9.17) is 0 Å². The molecule has 0 aromatic heterocycles. The predicted molar refractivity (Wildman–Crippen MR) is 87.1 cm³/mol. The van der Waals surface area contributed by atoms with E-state index in [0.29, 0.717) is 5.46 Å². The van der Waals surface area contributed by atoms with E-state index in [1.54, 1.807) is 6.07 Å². The minimum absolute atomic E-state index is 0.494. The highest BCUT2D eigenvalue weighted by Crippen LogP contribution is 2.31. The van der Waals surface area contributed by atoms with Gasteiger partial charge in [0.1, 0.15) is 0 Å². The lowest BCUT2D eigenvalue weighted by Gasteiger charge is -2.12. The zero-order valence-electron chi connectivity index (χ0n) is 11.5. The van der Waals surface area contributed by atoms with Crippen LogP contribution in [0.25, 0.3) is 22.3 Å². The molecule has 2 N–H and O–H groups in total. The highest BCUT2D eigenvalue weighted by Gasteiger charge is 2.15. The molecule has 3 aromatic carbocycles. The minimum atomic E-state index is -1.46. The van der Waals surface area contributed by atoms with Crippen LogP contribution in [0.3, 0.4) is 0 Å². The maximum atomic E-state index is 9.41. The fourth-order valence-electron chi connectivity index (χ4n) is 2.45. The first kappa shape index (κ1) is 13.6. The largest absolute Gasteiger partial charge is 0.488 e.